The number of amides is 1. The first kappa shape index (κ1) is 9.30. The molecule has 2 atom stereocenters. The molecule has 78 valence electrons. The van der Waals surface area contributed by atoms with Crippen molar-refractivity contribution in [1.29, 1.82) is 0 Å². The van der Waals surface area contributed by atoms with Gasteiger partial charge in [0.15, 0.2) is 0 Å². The van der Waals surface area contributed by atoms with Crippen LogP contribution < -0.4 is 0 Å². The molecule has 1 aliphatic carbocycles. The van der Waals surface area contributed by atoms with E-state index < -0.39 is 11.5 Å². The lowest BCUT2D eigenvalue weighted by Crippen LogP contribution is -2.33. The Bertz CT molecular complexity index is 291. The minimum absolute atomic E-state index is 0.192. The molecule has 0 aromatic heterocycles. The van der Waals surface area contributed by atoms with Gasteiger partial charge in [0.05, 0.1) is 12.0 Å². The fourth-order valence-corrected chi connectivity index (χ4v) is 2.22. The highest BCUT2D eigenvalue weighted by atomic mass is 16.5. The lowest BCUT2D eigenvalue weighted by Gasteiger charge is -2.16. The van der Waals surface area contributed by atoms with Crippen LogP contribution >= 0.6 is 0 Å². The third kappa shape index (κ3) is 1.15. The van der Waals surface area contributed by atoms with Crippen LogP contribution in [0, 0.1) is 11.3 Å². The van der Waals surface area contributed by atoms with Crippen molar-refractivity contribution >= 4 is 12.1 Å². The lowest BCUT2D eigenvalue weighted by atomic mass is 10.1. The molecule has 1 amide bonds. The Labute approximate surface area is 81.6 Å². The number of nitrogens with zero attached hydrogens (tertiary/aromatic N) is 1. The summed E-state index contributed by atoms with van der Waals surface area (Å²) in [5.74, 6) is -0.0357. The van der Waals surface area contributed by atoms with E-state index in [2.05, 4.69) is 0 Å². The van der Waals surface area contributed by atoms with Crippen molar-refractivity contribution < 1.29 is 19.4 Å². The Kier molecular flexibility index (Phi) is 1.90. The number of esters is 1. The summed E-state index contributed by atoms with van der Waals surface area (Å²) < 4.78 is 4.94. The van der Waals surface area contributed by atoms with Gasteiger partial charge in [0.2, 0.25) is 0 Å². The van der Waals surface area contributed by atoms with Crippen LogP contribution in [-0.4, -0.2) is 41.8 Å². The summed E-state index contributed by atoms with van der Waals surface area (Å²) in [6.45, 7) is 2.91. The van der Waals surface area contributed by atoms with E-state index >= 15 is 0 Å². The Hall–Kier alpha value is -1.26. The van der Waals surface area contributed by atoms with Crippen LogP contribution in [0.25, 0.3) is 0 Å². The van der Waals surface area contributed by atoms with Gasteiger partial charge >= 0.3 is 12.1 Å². The Balaban J connectivity index is 2.01. The van der Waals surface area contributed by atoms with Crippen LogP contribution in [0.5, 0.6) is 0 Å². The van der Waals surface area contributed by atoms with Crippen LogP contribution in [0.4, 0.5) is 4.79 Å². The number of rotatable bonds is 2. The van der Waals surface area contributed by atoms with Crippen molar-refractivity contribution in [1.82, 2.24) is 4.90 Å². The zero-order valence-corrected chi connectivity index (χ0v) is 8.02. The maximum atomic E-state index is 11.5. The highest BCUT2D eigenvalue weighted by molar-refractivity contribution is 5.83. The van der Waals surface area contributed by atoms with Crippen molar-refractivity contribution in [3.63, 3.8) is 0 Å². The molecule has 1 N–H and O–H groups in total. The van der Waals surface area contributed by atoms with E-state index in [0.29, 0.717) is 19.7 Å². The summed E-state index contributed by atoms with van der Waals surface area (Å²) in [4.78, 5) is 23.5. The number of carbonyl (C=O) groups excluding carboxylic acids is 1. The number of carbonyl (C=O) groups is 2. The van der Waals surface area contributed by atoms with Crippen LogP contribution in [0.15, 0.2) is 0 Å². The highest BCUT2D eigenvalue weighted by Gasteiger charge is 2.66. The normalized spacial score (nSPS) is 33.8. The average Bonchev–Trinajstić information content (AvgIpc) is 2.70. The van der Waals surface area contributed by atoms with E-state index in [1.54, 1.807) is 6.92 Å². The first-order chi connectivity index (χ1) is 6.60. The molecule has 14 heavy (non-hydrogen) atoms. The van der Waals surface area contributed by atoms with Gasteiger partial charge in [-0.05, 0) is 19.3 Å². The fraction of sp³-hybridized carbons (Fsp3) is 0.778. The van der Waals surface area contributed by atoms with E-state index in [4.69, 9.17) is 9.84 Å². The third-order valence-electron chi connectivity index (χ3n) is 3.10. The largest absolute Gasteiger partial charge is 0.466 e. The topological polar surface area (TPSA) is 66.8 Å². The SMILES string of the molecule is CCOC(=O)C12CC1CN(C(=O)O)C2. The molecule has 0 aromatic rings. The smallest absolute Gasteiger partial charge is 0.407 e. The summed E-state index contributed by atoms with van der Waals surface area (Å²) in [7, 11) is 0. The highest BCUT2D eigenvalue weighted by Crippen LogP contribution is 2.58. The molecule has 2 unspecified atom stereocenters. The quantitative estimate of drug-likeness (QED) is 0.659. The predicted molar refractivity (Wildman–Crippen MR) is 46.8 cm³/mol. The number of likely N-dealkylation sites (tertiary alicyclic amines) is 1. The van der Waals surface area contributed by atoms with Crippen molar-refractivity contribution in [3.05, 3.63) is 0 Å². The maximum absolute atomic E-state index is 11.5. The molecule has 5 heteroatoms. The Morgan fingerprint density at radius 2 is 2.36 bits per heavy atom. The van der Waals surface area contributed by atoms with Gasteiger partial charge in [0, 0.05) is 13.1 Å². The summed E-state index contributed by atoms with van der Waals surface area (Å²) in [6.07, 6.45) is -0.156. The fourth-order valence-electron chi connectivity index (χ4n) is 2.22. The van der Waals surface area contributed by atoms with Gasteiger partial charge in [0.25, 0.3) is 0 Å². The summed E-state index contributed by atoms with van der Waals surface area (Å²) in [5, 5.41) is 8.75. The first-order valence-electron chi connectivity index (χ1n) is 4.75. The second-order valence-electron chi connectivity index (χ2n) is 3.94. The molecule has 2 fully saturated rings. The zero-order valence-electron chi connectivity index (χ0n) is 8.02. The van der Waals surface area contributed by atoms with Gasteiger partial charge in [-0.15, -0.1) is 0 Å². The minimum Gasteiger partial charge on any atom is -0.466 e. The molecular weight excluding hydrogens is 186 g/mol. The molecule has 1 saturated heterocycles. The van der Waals surface area contributed by atoms with Crippen LogP contribution in [0.1, 0.15) is 13.3 Å². The molecule has 0 bridgehead atoms. The molecule has 1 saturated carbocycles. The average molecular weight is 199 g/mol. The van der Waals surface area contributed by atoms with E-state index in [-0.39, 0.29) is 11.9 Å². The lowest BCUT2D eigenvalue weighted by molar-refractivity contribution is -0.149. The maximum Gasteiger partial charge on any atom is 0.407 e. The summed E-state index contributed by atoms with van der Waals surface area (Å²) in [6, 6.07) is 0. The molecule has 1 aliphatic heterocycles. The minimum atomic E-state index is -0.944. The number of hydrogen-bond donors (Lipinski definition) is 1. The monoisotopic (exact) mass is 199 g/mol. The standard InChI is InChI=1S/C9H13NO4/c1-2-14-7(11)9-3-6(9)4-10(5-9)8(12)13/h6H,2-5H2,1H3,(H,12,13). The molecule has 0 spiro atoms. The molecule has 1 heterocycles. The second-order valence-corrected chi connectivity index (χ2v) is 3.94. The van der Waals surface area contributed by atoms with E-state index in [9.17, 15) is 9.59 Å². The third-order valence-corrected chi connectivity index (χ3v) is 3.10. The molecular formula is C9H13NO4. The Morgan fingerprint density at radius 1 is 1.64 bits per heavy atom. The van der Waals surface area contributed by atoms with Crippen LogP contribution in [0.3, 0.4) is 0 Å². The van der Waals surface area contributed by atoms with Gasteiger partial charge in [-0.25, -0.2) is 4.79 Å². The van der Waals surface area contributed by atoms with Crippen LogP contribution in [0.2, 0.25) is 0 Å². The van der Waals surface area contributed by atoms with Crippen molar-refractivity contribution in [2.75, 3.05) is 19.7 Å². The molecule has 2 rings (SSSR count). The zero-order chi connectivity index (χ0) is 10.3. The van der Waals surface area contributed by atoms with Gasteiger partial charge in [-0.1, -0.05) is 0 Å². The van der Waals surface area contributed by atoms with E-state index in [1.807, 2.05) is 0 Å². The van der Waals surface area contributed by atoms with Crippen molar-refractivity contribution in [2.45, 2.75) is 13.3 Å². The predicted octanol–water partition coefficient (Wildman–Crippen LogP) is 0.549. The van der Waals surface area contributed by atoms with Gasteiger partial charge in [-0.3, -0.25) is 4.79 Å². The second kappa shape index (κ2) is 2.87. The van der Waals surface area contributed by atoms with Gasteiger partial charge in [-0.2, -0.15) is 0 Å². The number of hydrogen-bond acceptors (Lipinski definition) is 3. The van der Waals surface area contributed by atoms with E-state index in [1.165, 1.54) is 4.90 Å². The molecule has 2 aliphatic rings. The Morgan fingerprint density at radius 3 is 2.86 bits per heavy atom. The first-order valence-corrected chi connectivity index (χ1v) is 4.75. The number of piperidine rings is 1. The van der Waals surface area contributed by atoms with Gasteiger partial charge < -0.3 is 14.7 Å². The molecule has 0 radical (unpaired) electrons. The number of fused-ring (bicyclic) bond motifs is 1. The summed E-state index contributed by atoms with van der Waals surface area (Å²) in [5.41, 5.74) is -0.492. The van der Waals surface area contributed by atoms with Gasteiger partial charge in [0.1, 0.15) is 0 Å². The van der Waals surface area contributed by atoms with Crippen LogP contribution in [-0.2, 0) is 9.53 Å². The van der Waals surface area contributed by atoms with Crippen molar-refractivity contribution in [2.24, 2.45) is 11.3 Å². The summed E-state index contributed by atoms with van der Waals surface area (Å²) >= 11 is 0. The molecule has 5 nitrogen and oxygen atoms in total. The number of carboxylic acid groups (broad SMARTS) is 1. The number of ether oxygens (including phenoxy) is 1. The molecule has 0 aromatic carbocycles. The van der Waals surface area contributed by atoms with E-state index in [0.717, 1.165) is 6.42 Å². The van der Waals surface area contributed by atoms with Crippen molar-refractivity contribution in [3.8, 4) is 0 Å².